The molecule has 0 radical (unpaired) electrons. The highest BCUT2D eigenvalue weighted by Crippen LogP contribution is 2.33. The number of hydrogen-bond donors (Lipinski definition) is 0. The first-order valence-corrected chi connectivity index (χ1v) is 10.2. The second-order valence-corrected chi connectivity index (χ2v) is 7.76. The predicted octanol–water partition coefficient (Wildman–Crippen LogP) is 5.29. The summed E-state index contributed by atoms with van der Waals surface area (Å²) >= 11 is 1.49. The van der Waals surface area contributed by atoms with Crippen LogP contribution < -0.4 is 4.74 Å². The van der Waals surface area contributed by atoms with Gasteiger partial charge < -0.3 is 4.74 Å². The van der Waals surface area contributed by atoms with Crippen molar-refractivity contribution >= 4 is 38.1 Å². The van der Waals surface area contributed by atoms with Gasteiger partial charge in [-0.15, -0.1) is 0 Å². The van der Waals surface area contributed by atoms with Gasteiger partial charge in [0, 0.05) is 11.1 Å². The van der Waals surface area contributed by atoms with Gasteiger partial charge in [-0.1, -0.05) is 53.8 Å². The van der Waals surface area contributed by atoms with Crippen LogP contribution in [-0.4, -0.2) is 28.1 Å². The Labute approximate surface area is 176 Å². The standard InChI is InChI=1S/C24H16N2O3S/c1-29-17-13-11-16(12-14-17)22(27)23(28)21-20(15-7-3-2-4-8-15)25-24-26(21)18-9-5-6-10-19(18)30-24/h2-14H,1H3. The van der Waals surface area contributed by atoms with E-state index in [0.29, 0.717) is 22.0 Å². The lowest BCUT2D eigenvalue weighted by Crippen LogP contribution is -2.17. The maximum atomic E-state index is 13.5. The van der Waals surface area contributed by atoms with E-state index < -0.39 is 11.6 Å². The summed E-state index contributed by atoms with van der Waals surface area (Å²) in [5, 5.41) is 0. The third-order valence-electron chi connectivity index (χ3n) is 4.97. The normalized spacial score (nSPS) is 11.1. The first kappa shape index (κ1) is 18.3. The average molecular weight is 412 g/mol. The number of benzene rings is 3. The zero-order chi connectivity index (χ0) is 20.7. The van der Waals surface area contributed by atoms with Crippen LogP contribution in [0.4, 0.5) is 0 Å². The maximum absolute atomic E-state index is 13.5. The highest BCUT2D eigenvalue weighted by atomic mass is 32.1. The molecule has 0 unspecified atom stereocenters. The molecule has 3 aromatic carbocycles. The van der Waals surface area contributed by atoms with Gasteiger partial charge in [0.1, 0.15) is 17.1 Å². The monoisotopic (exact) mass is 412 g/mol. The van der Waals surface area contributed by atoms with E-state index in [1.54, 1.807) is 35.8 Å². The van der Waals surface area contributed by atoms with Crippen LogP contribution in [0.15, 0.2) is 78.9 Å². The van der Waals surface area contributed by atoms with Crippen LogP contribution in [0.25, 0.3) is 26.4 Å². The lowest BCUT2D eigenvalue weighted by atomic mass is 10.0. The number of para-hydroxylation sites is 1. The van der Waals surface area contributed by atoms with Crippen LogP contribution in [0.5, 0.6) is 5.75 Å². The van der Waals surface area contributed by atoms with Crippen molar-refractivity contribution < 1.29 is 14.3 Å². The van der Waals surface area contributed by atoms with Crippen LogP contribution in [0.2, 0.25) is 0 Å². The van der Waals surface area contributed by atoms with Crippen molar-refractivity contribution in [2.75, 3.05) is 7.11 Å². The lowest BCUT2D eigenvalue weighted by molar-refractivity contribution is 0.0814. The number of thiazole rings is 1. The van der Waals surface area contributed by atoms with Crippen LogP contribution in [-0.2, 0) is 0 Å². The fourth-order valence-electron chi connectivity index (χ4n) is 3.51. The van der Waals surface area contributed by atoms with Crippen LogP contribution in [0.3, 0.4) is 0 Å². The number of methoxy groups -OCH3 is 1. The molecule has 5 rings (SSSR count). The quantitative estimate of drug-likeness (QED) is 0.291. The van der Waals surface area contributed by atoms with Crippen LogP contribution in [0, 0.1) is 0 Å². The number of ketones is 2. The van der Waals surface area contributed by atoms with E-state index >= 15 is 0 Å². The Morgan fingerprint density at radius 2 is 1.57 bits per heavy atom. The van der Waals surface area contributed by atoms with Gasteiger partial charge in [0.2, 0.25) is 5.78 Å². The highest BCUT2D eigenvalue weighted by Gasteiger charge is 2.28. The fourth-order valence-corrected chi connectivity index (χ4v) is 4.53. The molecule has 0 atom stereocenters. The minimum atomic E-state index is -0.588. The molecule has 0 saturated carbocycles. The van der Waals surface area contributed by atoms with Crippen molar-refractivity contribution in [3.8, 4) is 17.0 Å². The summed E-state index contributed by atoms with van der Waals surface area (Å²) in [7, 11) is 1.55. The molecule has 0 aliphatic carbocycles. The molecule has 0 aliphatic rings. The molecule has 0 amide bonds. The predicted molar refractivity (Wildman–Crippen MR) is 118 cm³/mol. The SMILES string of the molecule is COc1ccc(C(=O)C(=O)c2c(-c3ccccc3)nc3sc4ccccc4n23)cc1. The number of rotatable bonds is 5. The number of Topliss-reactive ketones (excluding diaryl/α,β-unsaturated/α-hetero) is 2. The zero-order valence-electron chi connectivity index (χ0n) is 16.0. The number of aromatic nitrogens is 2. The summed E-state index contributed by atoms with van der Waals surface area (Å²) in [6, 6.07) is 23.8. The van der Waals surface area contributed by atoms with E-state index in [1.807, 2.05) is 54.6 Å². The summed E-state index contributed by atoms with van der Waals surface area (Å²) in [6.45, 7) is 0. The molecule has 30 heavy (non-hydrogen) atoms. The largest absolute Gasteiger partial charge is 0.497 e. The van der Waals surface area contributed by atoms with Gasteiger partial charge in [-0.25, -0.2) is 4.98 Å². The Morgan fingerprint density at radius 3 is 2.30 bits per heavy atom. The minimum Gasteiger partial charge on any atom is -0.497 e. The Morgan fingerprint density at radius 1 is 0.867 bits per heavy atom. The molecule has 0 saturated heterocycles. The summed E-state index contributed by atoms with van der Waals surface area (Å²) < 4.78 is 7.95. The Kier molecular flexibility index (Phi) is 4.41. The van der Waals surface area contributed by atoms with Gasteiger partial charge in [0.15, 0.2) is 4.96 Å². The van der Waals surface area contributed by atoms with Crippen molar-refractivity contribution in [1.29, 1.82) is 0 Å². The fraction of sp³-hybridized carbons (Fsp3) is 0.0417. The second-order valence-electron chi connectivity index (χ2n) is 6.75. The molecule has 2 aromatic heterocycles. The topological polar surface area (TPSA) is 60.7 Å². The van der Waals surface area contributed by atoms with Crippen molar-refractivity contribution in [1.82, 2.24) is 9.38 Å². The van der Waals surface area contributed by atoms with Crippen molar-refractivity contribution in [3.05, 3.63) is 90.1 Å². The molecule has 0 N–H and O–H groups in total. The van der Waals surface area contributed by atoms with Crippen LogP contribution >= 0.6 is 11.3 Å². The number of carbonyl (C=O) groups is 2. The number of hydrogen-bond acceptors (Lipinski definition) is 5. The second kappa shape index (κ2) is 7.24. The Balaban J connectivity index is 1.72. The summed E-state index contributed by atoms with van der Waals surface area (Å²) in [4.78, 5) is 32.0. The third-order valence-corrected chi connectivity index (χ3v) is 6.00. The van der Waals surface area contributed by atoms with Gasteiger partial charge in [-0.05, 0) is 36.4 Å². The van der Waals surface area contributed by atoms with E-state index in [0.717, 1.165) is 15.8 Å². The minimum absolute atomic E-state index is 0.287. The summed E-state index contributed by atoms with van der Waals surface area (Å²) in [5.74, 6) is -0.540. The van der Waals surface area contributed by atoms with Gasteiger partial charge in [-0.3, -0.25) is 14.0 Å². The first-order valence-electron chi connectivity index (χ1n) is 9.36. The first-order chi connectivity index (χ1) is 14.7. The van der Waals surface area contributed by atoms with Crippen molar-refractivity contribution in [2.45, 2.75) is 0 Å². The molecule has 2 heterocycles. The number of imidazole rings is 1. The van der Waals surface area contributed by atoms with E-state index in [4.69, 9.17) is 9.72 Å². The van der Waals surface area contributed by atoms with E-state index in [2.05, 4.69) is 0 Å². The summed E-state index contributed by atoms with van der Waals surface area (Å²) in [5.41, 5.74) is 2.77. The number of ether oxygens (including phenoxy) is 1. The molecule has 0 spiro atoms. The van der Waals surface area contributed by atoms with E-state index in [9.17, 15) is 9.59 Å². The maximum Gasteiger partial charge on any atom is 0.252 e. The molecule has 146 valence electrons. The number of fused-ring (bicyclic) bond motifs is 3. The number of carbonyl (C=O) groups excluding carboxylic acids is 2. The Hall–Kier alpha value is -3.77. The van der Waals surface area contributed by atoms with Crippen LogP contribution in [0.1, 0.15) is 20.8 Å². The van der Waals surface area contributed by atoms with Crippen molar-refractivity contribution in [3.63, 3.8) is 0 Å². The molecule has 0 bridgehead atoms. The molecule has 0 fully saturated rings. The van der Waals surface area contributed by atoms with Gasteiger partial charge in [-0.2, -0.15) is 0 Å². The lowest BCUT2D eigenvalue weighted by Gasteiger charge is -2.06. The molecular weight excluding hydrogens is 396 g/mol. The van der Waals surface area contributed by atoms with Crippen molar-refractivity contribution in [2.24, 2.45) is 0 Å². The Bertz CT molecular complexity index is 1400. The molecule has 5 aromatic rings. The number of nitrogens with zero attached hydrogens (tertiary/aromatic N) is 2. The zero-order valence-corrected chi connectivity index (χ0v) is 16.8. The molecular formula is C24H16N2O3S. The molecule has 0 aliphatic heterocycles. The molecule has 5 nitrogen and oxygen atoms in total. The van der Waals surface area contributed by atoms with E-state index in [1.165, 1.54) is 11.3 Å². The van der Waals surface area contributed by atoms with Gasteiger partial charge in [0.05, 0.1) is 17.3 Å². The summed E-state index contributed by atoms with van der Waals surface area (Å²) in [6.07, 6.45) is 0. The smallest absolute Gasteiger partial charge is 0.252 e. The van der Waals surface area contributed by atoms with E-state index in [-0.39, 0.29) is 5.69 Å². The molecule has 6 heteroatoms. The van der Waals surface area contributed by atoms with Gasteiger partial charge in [0.25, 0.3) is 5.78 Å². The third kappa shape index (κ3) is 2.89. The van der Waals surface area contributed by atoms with Gasteiger partial charge >= 0.3 is 0 Å². The highest BCUT2D eigenvalue weighted by molar-refractivity contribution is 7.23. The average Bonchev–Trinajstić information content (AvgIpc) is 3.35.